The van der Waals surface area contributed by atoms with Crippen LogP contribution in [0.4, 0.5) is 0 Å². The van der Waals surface area contributed by atoms with Crippen LogP contribution in [0.15, 0.2) is 43.0 Å². The minimum Gasteiger partial charge on any atom is -0.338 e. The number of nitrogens with zero attached hydrogens (tertiary/aromatic N) is 6. The molecule has 4 rings (SSSR count). The lowest BCUT2D eigenvalue weighted by Gasteiger charge is -2.32. The second-order valence-corrected chi connectivity index (χ2v) is 7.72. The van der Waals surface area contributed by atoms with Gasteiger partial charge >= 0.3 is 0 Å². The first kappa shape index (κ1) is 18.4. The summed E-state index contributed by atoms with van der Waals surface area (Å²) in [5.41, 5.74) is 1.68. The van der Waals surface area contributed by atoms with E-state index in [1.807, 2.05) is 36.5 Å². The molecule has 7 nitrogen and oxygen atoms in total. The first-order chi connectivity index (χ1) is 13.5. The normalized spacial score (nSPS) is 17.3. The molecule has 7 heteroatoms. The first-order valence-electron chi connectivity index (χ1n) is 9.81. The van der Waals surface area contributed by atoms with Gasteiger partial charge in [-0.1, -0.05) is 19.9 Å². The van der Waals surface area contributed by atoms with Crippen LogP contribution in [0.5, 0.6) is 0 Å². The Hall–Kier alpha value is -2.96. The number of hydrogen-bond donors (Lipinski definition) is 0. The molecule has 0 unspecified atom stereocenters. The topological polar surface area (TPSA) is 68.8 Å². The van der Waals surface area contributed by atoms with E-state index in [-0.39, 0.29) is 11.8 Å². The van der Waals surface area contributed by atoms with Crippen LogP contribution >= 0.6 is 0 Å². The van der Waals surface area contributed by atoms with Gasteiger partial charge in [-0.2, -0.15) is 5.10 Å². The minimum atomic E-state index is 0.0469. The zero-order valence-electron chi connectivity index (χ0n) is 16.6. The molecule has 4 heterocycles. The SMILES string of the molecule is CC(C)c1nccn1-c1cccc([C@H]2CCCN(C(=O)c3cnn(C)c3)C2)n1. The van der Waals surface area contributed by atoms with E-state index in [0.717, 1.165) is 36.7 Å². The van der Waals surface area contributed by atoms with Crippen molar-refractivity contribution in [2.75, 3.05) is 13.1 Å². The molecule has 1 saturated heterocycles. The highest BCUT2D eigenvalue weighted by atomic mass is 16.2. The number of rotatable bonds is 4. The number of carbonyl (C=O) groups is 1. The quantitative estimate of drug-likeness (QED) is 0.699. The van der Waals surface area contributed by atoms with Gasteiger partial charge in [0, 0.05) is 56.3 Å². The largest absolute Gasteiger partial charge is 0.338 e. The summed E-state index contributed by atoms with van der Waals surface area (Å²) in [6.07, 6.45) is 9.20. The number of pyridine rings is 1. The van der Waals surface area contributed by atoms with Crippen molar-refractivity contribution < 1.29 is 4.79 Å². The fourth-order valence-electron chi connectivity index (χ4n) is 3.85. The Morgan fingerprint density at radius 2 is 2.14 bits per heavy atom. The van der Waals surface area contributed by atoms with Crippen LogP contribution in [-0.4, -0.2) is 48.2 Å². The van der Waals surface area contributed by atoms with Gasteiger partial charge in [-0.15, -0.1) is 0 Å². The highest BCUT2D eigenvalue weighted by Gasteiger charge is 2.27. The van der Waals surface area contributed by atoms with Gasteiger partial charge in [-0.25, -0.2) is 9.97 Å². The maximum absolute atomic E-state index is 12.8. The number of piperidine rings is 1. The van der Waals surface area contributed by atoms with Crippen molar-refractivity contribution in [2.24, 2.45) is 7.05 Å². The van der Waals surface area contributed by atoms with Gasteiger partial charge in [0.1, 0.15) is 11.6 Å². The van der Waals surface area contributed by atoms with Crippen LogP contribution in [0.2, 0.25) is 0 Å². The molecule has 0 aromatic carbocycles. The van der Waals surface area contributed by atoms with E-state index in [9.17, 15) is 4.79 Å². The average Bonchev–Trinajstić information content (AvgIpc) is 3.37. The molecular formula is C21H26N6O. The van der Waals surface area contributed by atoms with E-state index >= 15 is 0 Å². The molecule has 1 aliphatic rings. The Kier molecular flexibility index (Phi) is 4.98. The van der Waals surface area contributed by atoms with E-state index in [1.54, 1.807) is 17.1 Å². The van der Waals surface area contributed by atoms with Crippen molar-refractivity contribution in [3.05, 3.63) is 60.1 Å². The summed E-state index contributed by atoms with van der Waals surface area (Å²) in [6.45, 7) is 5.73. The molecule has 0 radical (unpaired) electrons. The van der Waals surface area contributed by atoms with E-state index in [2.05, 4.69) is 34.6 Å². The van der Waals surface area contributed by atoms with Crippen molar-refractivity contribution in [1.29, 1.82) is 0 Å². The van der Waals surface area contributed by atoms with E-state index in [1.165, 1.54) is 0 Å². The number of hydrogen-bond acceptors (Lipinski definition) is 4. The lowest BCUT2D eigenvalue weighted by Crippen LogP contribution is -2.39. The molecule has 0 aliphatic carbocycles. The molecule has 3 aromatic heterocycles. The van der Waals surface area contributed by atoms with Gasteiger partial charge in [-0.3, -0.25) is 14.0 Å². The molecule has 0 saturated carbocycles. The molecular weight excluding hydrogens is 352 g/mol. The maximum atomic E-state index is 12.8. The van der Waals surface area contributed by atoms with Gasteiger partial charge in [0.2, 0.25) is 0 Å². The van der Waals surface area contributed by atoms with Crippen molar-refractivity contribution in [1.82, 2.24) is 29.2 Å². The minimum absolute atomic E-state index is 0.0469. The van der Waals surface area contributed by atoms with Crippen LogP contribution in [0, 0.1) is 0 Å². The molecule has 0 spiro atoms. The Bertz CT molecular complexity index is 973. The predicted molar refractivity (Wildman–Crippen MR) is 107 cm³/mol. The van der Waals surface area contributed by atoms with Crippen molar-refractivity contribution in [3.63, 3.8) is 0 Å². The highest BCUT2D eigenvalue weighted by Crippen LogP contribution is 2.27. The fourth-order valence-corrected chi connectivity index (χ4v) is 3.85. The summed E-state index contributed by atoms with van der Waals surface area (Å²) in [7, 11) is 1.83. The van der Waals surface area contributed by atoms with E-state index in [4.69, 9.17) is 4.98 Å². The highest BCUT2D eigenvalue weighted by molar-refractivity contribution is 5.93. The molecule has 28 heavy (non-hydrogen) atoms. The van der Waals surface area contributed by atoms with Crippen LogP contribution in [0.1, 0.15) is 60.4 Å². The van der Waals surface area contributed by atoms with Gasteiger partial charge in [0.15, 0.2) is 0 Å². The number of likely N-dealkylation sites (tertiary alicyclic amines) is 1. The number of aryl methyl sites for hydroxylation is 1. The monoisotopic (exact) mass is 378 g/mol. The molecule has 146 valence electrons. The number of amides is 1. The van der Waals surface area contributed by atoms with Crippen LogP contribution < -0.4 is 0 Å². The fraction of sp³-hybridized carbons (Fsp3) is 0.429. The average molecular weight is 378 g/mol. The standard InChI is InChI=1S/C21H26N6O/c1-15(2)20-22-9-11-27(20)19-8-4-7-18(24-19)16-6-5-10-26(14-16)21(28)17-12-23-25(3)13-17/h4,7-9,11-13,15-16H,5-6,10,14H2,1-3H3/t16-/m0/s1. The molecule has 1 aliphatic heterocycles. The zero-order valence-corrected chi connectivity index (χ0v) is 16.6. The summed E-state index contributed by atoms with van der Waals surface area (Å²) >= 11 is 0. The summed E-state index contributed by atoms with van der Waals surface area (Å²) in [6, 6.07) is 6.13. The van der Waals surface area contributed by atoms with Crippen molar-refractivity contribution in [2.45, 2.75) is 38.5 Å². The lowest BCUT2D eigenvalue weighted by molar-refractivity contribution is 0.0706. The third kappa shape index (κ3) is 3.56. The Morgan fingerprint density at radius 1 is 1.29 bits per heavy atom. The number of carbonyl (C=O) groups excluding carboxylic acids is 1. The van der Waals surface area contributed by atoms with Crippen molar-refractivity contribution in [3.8, 4) is 5.82 Å². The maximum Gasteiger partial charge on any atom is 0.257 e. The zero-order chi connectivity index (χ0) is 19.7. The van der Waals surface area contributed by atoms with Gasteiger partial charge in [-0.05, 0) is 25.0 Å². The molecule has 0 bridgehead atoms. The van der Waals surface area contributed by atoms with Gasteiger partial charge in [0.05, 0.1) is 11.8 Å². The smallest absolute Gasteiger partial charge is 0.257 e. The molecule has 1 fully saturated rings. The number of imidazole rings is 1. The Balaban J connectivity index is 1.56. The second-order valence-electron chi connectivity index (χ2n) is 7.72. The van der Waals surface area contributed by atoms with E-state index < -0.39 is 0 Å². The van der Waals surface area contributed by atoms with Crippen LogP contribution in [0.25, 0.3) is 5.82 Å². The first-order valence-corrected chi connectivity index (χ1v) is 9.81. The van der Waals surface area contributed by atoms with Gasteiger partial charge < -0.3 is 4.90 Å². The summed E-state index contributed by atoms with van der Waals surface area (Å²) in [5, 5.41) is 4.12. The summed E-state index contributed by atoms with van der Waals surface area (Å²) < 4.78 is 3.71. The molecule has 3 aromatic rings. The third-order valence-electron chi connectivity index (χ3n) is 5.27. The summed E-state index contributed by atoms with van der Waals surface area (Å²) in [4.78, 5) is 24.1. The summed E-state index contributed by atoms with van der Waals surface area (Å²) in [5.74, 6) is 2.49. The third-order valence-corrected chi connectivity index (χ3v) is 5.27. The Labute approximate surface area is 165 Å². The van der Waals surface area contributed by atoms with Crippen LogP contribution in [-0.2, 0) is 7.05 Å². The lowest BCUT2D eigenvalue weighted by atomic mass is 9.94. The number of aromatic nitrogens is 5. The van der Waals surface area contributed by atoms with E-state index in [0.29, 0.717) is 18.0 Å². The van der Waals surface area contributed by atoms with Crippen LogP contribution in [0.3, 0.4) is 0 Å². The Morgan fingerprint density at radius 3 is 2.89 bits per heavy atom. The molecule has 1 atom stereocenters. The van der Waals surface area contributed by atoms with Crippen molar-refractivity contribution >= 4 is 5.91 Å². The second kappa shape index (κ2) is 7.58. The molecule has 0 N–H and O–H groups in total. The van der Waals surface area contributed by atoms with Gasteiger partial charge in [0.25, 0.3) is 5.91 Å². The predicted octanol–water partition coefficient (Wildman–Crippen LogP) is 3.14. The molecule has 1 amide bonds.